The fraction of sp³-hybridized carbons (Fsp3) is 0.333. The van der Waals surface area contributed by atoms with Crippen molar-refractivity contribution in [3.63, 3.8) is 0 Å². The molecule has 0 aliphatic heterocycles. The van der Waals surface area contributed by atoms with E-state index in [1.165, 1.54) is 33.1 Å². The lowest BCUT2D eigenvalue weighted by molar-refractivity contribution is -0.656. The average Bonchev–Trinajstić information content (AvgIpc) is 2.93. The fourth-order valence-corrected chi connectivity index (χ4v) is 3.93. The molecule has 0 N–H and O–H groups in total. The molecule has 2 nitrogen and oxygen atoms in total. The second-order valence-corrected chi connectivity index (χ2v) is 8.34. The van der Waals surface area contributed by atoms with Gasteiger partial charge in [0.15, 0.2) is 18.1 Å². The maximum atomic E-state index is 2.36. The van der Waals surface area contributed by atoms with Crippen molar-refractivity contribution >= 4 is 11.3 Å². The van der Waals surface area contributed by atoms with Crippen molar-refractivity contribution in [1.29, 1.82) is 0 Å². The molecule has 0 atom stereocenters. The quantitative estimate of drug-likeness (QED) is 0.611. The van der Waals surface area contributed by atoms with Crippen LogP contribution in [-0.2, 0) is 12.5 Å². The molecule has 124 valence electrons. The average molecular weight is 339 g/mol. The summed E-state index contributed by atoms with van der Waals surface area (Å²) in [5.74, 6) is 0. The third kappa shape index (κ3) is 3.01. The lowest BCUT2D eigenvalue weighted by Gasteiger charge is -2.21. The zero-order chi connectivity index (χ0) is 17.5. The van der Waals surface area contributed by atoms with E-state index in [0.29, 0.717) is 0 Å². The highest BCUT2D eigenvalue weighted by Crippen LogP contribution is 2.33. The predicted molar refractivity (Wildman–Crippen MR) is 101 cm³/mol. The molecule has 0 fully saturated rings. The van der Waals surface area contributed by atoms with E-state index in [9.17, 15) is 0 Å². The van der Waals surface area contributed by atoms with E-state index in [1.807, 2.05) is 0 Å². The Morgan fingerprint density at radius 3 is 2.33 bits per heavy atom. The van der Waals surface area contributed by atoms with E-state index in [4.69, 9.17) is 0 Å². The molecule has 0 aliphatic carbocycles. The van der Waals surface area contributed by atoms with Crippen LogP contribution < -0.4 is 9.13 Å². The summed E-state index contributed by atoms with van der Waals surface area (Å²) < 4.78 is 4.51. The van der Waals surface area contributed by atoms with Crippen molar-refractivity contribution < 1.29 is 9.13 Å². The summed E-state index contributed by atoms with van der Waals surface area (Å²) in [6, 6.07) is 11.1. The maximum Gasteiger partial charge on any atom is 0.269 e. The van der Waals surface area contributed by atoms with Crippen molar-refractivity contribution in [2.24, 2.45) is 7.05 Å². The van der Waals surface area contributed by atoms with Gasteiger partial charge in [-0.05, 0) is 24.0 Å². The van der Waals surface area contributed by atoms with Crippen LogP contribution in [0.15, 0.2) is 48.1 Å². The second kappa shape index (κ2) is 6.14. The van der Waals surface area contributed by atoms with Crippen LogP contribution in [0.25, 0.3) is 16.3 Å². The Balaban J connectivity index is 2.34. The zero-order valence-electron chi connectivity index (χ0n) is 15.4. The van der Waals surface area contributed by atoms with Crippen molar-refractivity contribution in [2.75, 3.05) is 0 Å². The highest BCUT2D eigenvalue weighted by atomic mass is 32.1. The van der Waals surface area contributed by atoms with Gasteiger partial charge in [0.05, 0.1) is 10.9 Å². The van der Waals surface area contributed by atoms with Gasteiger partial charge in [-0.25, -0.2) is 0 Å². The molecule has 2 aromatic heterocycles. The summed E-state index contributed by atoms with van der Waals surface area (Å²) in [7, 11) is 2.12. The summed E-state index contributed by atoms with van der Waals surface area (Å²) in [4.78, 5) is 0. The van der Waals surface area contributed by atoms with E-state index >= 15 is 0 Å². The molecule has 0 spiro atoms. The summed E-state index contributed by atoms with van der Waals surface area (Å²) in [5.41, 5.74) is 6.63. The largest absolute Gasteiger partial charge is 0.269 e. The third-order valence-electron chi connectivity index (χ3n) is 4.58. The van der Waals surface area contributed by atoms with Gasteiger partial charge >= 0.3 is 0 Å². The van der Waals surface area contributed by atoms with Crippen LogP contribution in [0.1, 0.15) is 37.6 Å². The Bertz CT molecular complexity index is 885. The summed E-state index contributed by atoms with van der Waals surface area (Å²) in [6.45, 7) is 11.2. The van der Waals surface area contributed by atoms with Crippen LogP contribution >= 0.6 is 11.3 Å². The van der Waals surface area contributed by atoms with Gasteiger partial charge in [-0.2, -0.15) is 9.13 Å². The van der Waals surface area contributed by atoms with Gasteiger partial charge < -0.3 is 0 Å². The van der Waals surface area contributed by atoms with Gasteiger partial charge in [0.2, 0.25) is 5.69 Å². The number of aromatic nitrogens is 2. The SMILES string of the molecule is Cc1c(-c2scc[n+]2C)cc(C(C)(C)C)cc1-[n+]1ccccc1C. The number of hydrogen-bond donors (Lipinski definition) is 0. The smallest absolute Gasteiger partial charge is 0.191 e. The lowest BCUT2D eigenvalue weighted by atomic mass is 9.84. The summed E-state index contributed by atoms with van der Waals surface area (Å²) in [6.07, 6.45) is 4.28. The monoisotopic (exact) mass is 338 g/mol. The standard InChI is InChI=1S/C21H26N2S/c1-15-9-7-8-10-23(15)19-14-17(21(3,4)5)13-18(16(19)2)20-22(6)11-12-24-20/h7-14H,1-6H3/q+2. The molecule has 0 bridgehead atoms. The number of thiazole rings is 1. The minimum atomic E-state index is 0.107. The van der Waals surface area contributed by atoms with Crippen LogP contribution in [0.5, 0.6) is 0 Å². The first kappa shape index (κ1) is 16.8. The van der Waals surface area contributed by atoms with Crippen molar-refractivity contribution in [2.45, 2.75) is 40.0 Å². The van der Waals surface area contributed by atoms with Crippen LogP contribution in [0.4, 0.5) is 0 Å². The van der Waals surface area contributed by atoms with Crippen molar-refractivity contribution in [1.82, 2.24) is 0 Å². The van der Waals surface area contributed by atoms with Gasteiger partial charge in [-0.3, -0.25) is 0 Å². The van der Waals surface area contributed by atoms with E-state index in [0.717, 1.165) is 0 Å². The number of pyridine rings is 1. The predicted octanol–water partition coefficient (Wildman–Crippen LogP) is 4.43. The normalized spacial score (nSPS) is 11.8. The molecule has 0 aliphatic rings. The minimum absolute atomic E-state index is 0.107. The van der Waals surface area contributed by atoms with Crippen LogP contribution in [0.3, 0.4) is 0 Å². The Morgan fingerprint density at radius 1 is 1.00 bits per heavy atom. The Hall–Kier alpha value is -2.00. The van der Waals surface area contributed by atoms with E-state index in [-0.39, 0.29) is 5.41 Å². The first-order chi connectivity index (χ1) is 11.3. The maximum absolute atomic E-state index is 2.36. The molecule has 2 heterocycles. The zero-order valence-corrected chi connectivity index (χ0v) is 16.2. The minimum Gasteiger partial charge on any atom is -0.191 e. The molecule has 0 radical (unpaired) electrons. The van der Waals surface area contributed by atoms with E-state index in [1.54, 1.807) is 11.3 Å². The molecule has 0 saturated carbocycles. The van der Waals surface area contributed by atoms with Crippen molar-refractivity contribution in [3.8, 4) is 16.3 Å². The van der Waals surface area contributed by atoms with Gasteiger partial charge in [0, 0.05) is 30.7 Å². The van der Waals surface area contributed by atoms with Gasteiger partial charge in [-0.1, -0.05) is 38.2 Å². The second-order valence-electron chi connectivity index (χ2n) is 7.45. The van der Waals surface area contributed by atoms with Crippen LogP contribution in [0, 0.1) is 13.8 Å². The van der Waals surface area contributed by atoms with E-state index in [2.05, 4.69) is 98.9 Å². The first-order valence-corrected chi connectivity index (χ1v) is 9.23. The number of hydrogen-bond acceptors (Lipinski definition) is 1. The Morgan fingerprint density at radius 2 is 1.75 bits per heavy atom. The topological polar surface area (TPSA) is 7.76 Å². The highest BCUT2D eigenvalue weighted by molar-refractivity contribution is 7.12. The molecule has 0 unspecified atom stereocenters. The van der Waals surface area contributed by atoms with Crippen LogP contribution in [-0.4, -0.2) is 0 Å². The van der Waals surface area contributed by atoms with Crippen LogP contribution in [0.2, 0.25) is 0 Å². The Kier molecular flexibility index (Phi) is 4.31. The van der Waals surface area contributed by atoms with Gasteiger partial charge in [-0.15, -0.1) is 0 Å². The molecule has 3 aromatic rings. The molecule has 0 amide bonds. The van der Waals surface area contributed by atoms with E-state index < -0.39 is 0 Å². The fourth-order valence-electron chi connectivity index (χ4n) is 2.99. The first-order valence-electron chi connectivity index (χ1n) is 8.35. The lowest BCUT2D eigenvalue weighted by Crippen LogP contribution is -2.35. The van der Waals surface area contributed by atoms with Crippen molar-refractivity contribution in [3.05, 3.63) is 64.9 Å². The summed E-state index contributed by atoms with van der Waals surface area (Å²) >= 11 is 1.80. The molecular formula is C21H26N2S+2. The van der Waals surface area contributed by atoms with Gasteiger partial charge in [0.25, 0.3) is 5.01 Å². The molecule has 3 rings (SSSR count). The number of benzene rings is 1. The molecule has 3 heteroatoms. The molecular weight excluding hydrogens is 312 g/mol. The Labute approximate surface area is 149 Å². The highest BCUT2D eigenvalue weighted by Gasteiger charge is 2.26. The molecule has 24 heavy (non-hydrogen) atoms. The number of rotatable bonds is 2. The third-order valence-corrected chi connectivity index (χ3v) is 5.57. The van der Waals surface area contributed by atoms with Gasteiger partial charge in [0.1, 0.15) is 7.05 Å². The summed E-state index contributed by atoms with van der Waals surface area (Å²) in [5, 5.41) is 3.45. The number of nitrogens with zero attached hydrogens (tertiary/aromatic N) is 2. The molecule has 0 saturated heterocycles. The molecule has 1 aromatic carbocycles. The number of aryl methyl sites for hydroxylation is 2.